The highest BCUT2D eigenvalue weighted by Gasteiger charge is 2.22. The van der Waals surface area contributed by atoms with Gasteiger partial charge in [0.25, 0.3) is 0 Å². The maximum Gasteiger partial charge on any atom is 0.339 e. The molecule has 0 N–H and O–H groups in total. The third kappa shape index (κ3) is 5.17. The topological polar surface area (TPSA) is 75.9 Å². The number of anilines is 1. The first-order valence-electron chi connectivity index (χ1n) is 10.9. The Hall–Kier alpha value is -3.61. The molecule has 1 aromatic carbocycles. The Labute approximate surface area is 187 Å². The Kier molecular flexibility index (Phi) is 6.84. The molecule has 0 saturated carbocycles. The zero-order valence-corrected chi connectivity index (χ0v) is 18.2. The van der Waals surface area contributed by atoms with Gasteiger partial charge in [-0.05, 0) is 31.2 Å². The van der Waals surface area contributed by atoms with Gasteiger partial charge in [-0.25, -0.2) is 9.78 Å². The molecule has 3 heterocycles. The van der Waals surface area contributed by atoms with Crippen LogP contribution in [0.1, 0.15) is 29.5 Å². The van der Waals surface area contributed by atoms with Crippen LogP contribution in [-0.2, 0) is 16.0 Å². The molecule has 1 aliphatic rings. The Bertz CT molecular complexity index is 1040. The van der Waals surface area contributed by atoms with Crippen molar-refractivity contribution in [3.63, 3.8) is 0 Å². The number of carbonyl (C=O) groups is 2. The van der Waals surface area contributed by atoms with Crippen molar-refractivity contribution in [2.75, 3.05) is 37.7 Å². The molecule has 3 aromatic rings. The van der Waals surface area contributed by atoms with Crippen LogP contribution in [0.5, 0.6) is 0 Å². The fourth-order valence-electron chi connectivity index (χ4n) is 3.75. The molecule has 1 amide bonds. The predicted octanol–water partition coefficient (Wildman–Crippen LogP) is 3.80. The molecular weight excluding hydrogens is 406 g/mol. The van der Waals surface area contributed by atoms with Crippen LogP contribution in [0, 0.1) is 0 Å². The molecule has 32 heavy (non-hydrogen) atoms. The van der Waals surface area contributed by atoms with Gasteiger partial charge in [-0.3, -0.25) is 4.79 Å². The van der Waals surface area contributed by atoms with E-state index in [1.807, 2.05) is 53.4 Å². The molecule has 0 spiro atoms. The average Bonchev–Trinajstić information content (AvgIpc) is 3.33. The predicted molar refractivity (Wildman–Crippen MR) is 121 cm³/mol. The number of hydrogen-bond donors (Lipinski definition) is 0. The van der Waals surface area contributed by atoms with E-state index in [0.717, 1.165) is 22.9 Å². The fraction of sp³-hybridized carbons (Fsp3) is 0.320. The summed E-state index contributed by atoms with van der Waals surface area (Å²) in [5, 5.41) is 0. The third-order valence-electron chi connectivity index (χ3n) is 5.52. The number of esters is 1. The van der Waals surface area contributed by atoms with Crippen molar-refractivity contribution >= 4 is 17.7 Å². The quantitative estimate of drug-likeness (QED) is 0.528. The van der Waals surface area contributed by atoms with E-state index < -0.39 is 0 Å². The summed E-state index contributed by atoms with van der Waals surface area (Å²) in [6.07, 6.45) is 2.55. The molecule has 166 valence electrons. The van der Waals surface area contributed by atoms with Gasteiger partial charge in [0.1, 0.15) is 17.3 Å². The molecule has 1 aliphatic heterocycles. The molecule has 0 aliphatic carbocycles. The SMILES string of the molecule is CCOC(=O)c1ccc(N2CCN(C(=O)CCc3ccc(-c4ccccc4)o3)CC2)nc1. The summed E-state index contributed by atoms with van der Waals surface area (Å²) in [5.74, 6) is 2.21. The van der Waals surface area contributed by atoms with Crippen molar-refractivity contribution in [3.05, 3.63) is 72.1 Å². The Morgan fingerprint density at radius 2 is 1.78 bits per heavy atom. The number of hydrogen-bond acceptors (Lipinski definition) is 6. The van der Waals surface area contributed by atoms with E-state index in [4.69, 9.17) is 9.15 Å². The number of benzene rings is 1. The first-order valence-corrected chi connectivity index (χ1v) is 10.9. The largest absolute Gasteiger partial charge is 0.462 e. The number of aromatic nitrogens is 1. The number of amides is 1. The van der Waals surface area contributed by atoms with E-state index in [1.165, 1.54) is 6.20 Å². The van der Waals surface area contributed by atoms with E-state index in [0.29, 0.717) is 51.2 Å². The third-order valence-corrected chi connectivity index (χ3v) is 5.52. The number of rotatable bonds is 7. The smallest absolute Gasteiger partial charge is 0.339 e. The highest BCUT2D eigenvalue weighted by atomic mass is 16.5. The number of carbonyl (C=O) groups excluding carboxylic acids is 2. The molecule has 0 atom stereocenters. The maximum atomic E-state index is 12.7. The molecule has 0 bridgehead atoms. The number of furan rings is 1. The first-order chi connectivity index (χ1) is 15.6. The van der Waals surface area contributed by atoms with E-state index in [-0.39, 0.29) is 11.9 Å². The van der Waals surface area contributed by atoms with Crippen LogP contribution in [0.4, 0.5) is 5.82 Å². The van der Waals surface area contributed by atoms with Crippen molar-refractivity contribution in [3.8, 4) is 11.3 Å². The van der Waals surface area contributed by atoms with Gasteiger partial charge >= 0.3 is 5.97 Å². The van der Waals surface area contributed by atoms with Crippen LogP contribution < -0.4 is 4.90 Å². The summed E-state index contributed by atoms with van der Waals surface area (Å²) >= 11 is 0. The lowest BCUT2D eigenvalue weighted by molar-refractivity contribution is -0.131. The van der Waals surface area contributed by atoms with Gasteiger partial charge in [0.2, 0.25) is 5.91 Å². The maximum absolute atomic E-state index is 12.7. The normalized spacial score (nSPS) is 13.8. The van der Waals surface area contributed by atoms with Gasteiger partial charge in [-0.15, -0.1) is 0 Å². The summed E-state index contributed by atoms with van der Waals surface area (Å²) in [6.45, 7) is 4.82. The van der Waals surface area contributed by atoms with Crippen molar-refractivity contribution in [2.24, 2.45) is 0 Å². The lowest BCUT2D eigenvalue weighted by atomic mass is 10.2. The monoisotopic (exact) mass is 433 g/mol. The van der Waals surface area contributed by atoms with Gasteiger partial charge in [-0.1, -0.05) is 30.3 Å². The molecule has 7 nitrogen and oxygen atoms in total. The molecule has 2 aromatic heterocycles. The first kappa shape index (κ1) is 21.6. The van der Waals surface area contributed by atoms with Gasteiger partial charge in [0.15, 0.2) is 0 Å². The number of nitrogens with zero attached hydrogens (tertiary/aromatic N) is 3. The minimum Gasteiger partial charge on any atom is -0.462 e. The van der Waals surface area contributed by atoms with Crippen LogP contribution in [0.3, 0.4) is 0 Å². The molecule has 1 saturated heterocycles. The van der Waals surface area contributed by atoms with Gasteiger partial charge < -0.3 is 19.0 Å². The fourth-order valence-corrected chi connectivity index (χ4v) is 3.75. The lowest BCUT2D eigenvalue weighted by Crippen LogP contribution is -2.49. The molecule has 7 heteroatoms. The molecule has 0 radical (unpaired) electrons. The van der Waals surface area contributed by atoms with Crippen molar-refractivity contribution < 1.29 is 18.7 Å². The molecule has 0 unspecified atom stereocenters. The molecule has 1 fully saturated rings. The summed E-state index contributed by atoms with van der Waals surface area (Å²) in [5.41, 5.74) is 1.47. The van der Waals surface area contributed by atoms with E-state index >= 15 is 0 Å². The lowest BCUT2D eigenvalue weighted by Gasteiger charge is -2.35. The van der Waals surface area contributed by atoms with Crippen LogP contribution in [0.25, 0.3) is 11.3 Å². The Morgan fingerprint density at radius 3 is 2.47 bits per heavy atom. The summed E-state index contributed by atoms with van der Waals surface area (Å²) in [6, 6.07) is 17.4. The van der Waals surface area contributed by atoms with Crippen LogP contribution in [-0.4, -0.2) is 54.5 Å². The number of aryl methyl sites for hydroxylation is 1. The Balaban J connectivity index is 1.25. The van der Waals surface area contributed by atoms with Crippen molar-refractivity contribution in [1.82, 2.24) is 9.88 Å². The average molecular weight is 434 g/mol. The molecular formula is C25H27N3O4. The highest BCUT2D eigenvalue weighted by Crippen LogP contribution is 2.23. The van der Waals surface area contributed by atoms with Crippen LogP contribution >= 0.6 is 0 Å². The van der Waals surface area contributed by atoms with E-state index in [1.54, 1.807) is 13.0 Å². The van der Waals surface area contributed by atoms with E-state index in [9.17, 15) is 9.59 Å². The van der Waals surface area contributed by atoms with Crippen molar-refractivity contribution in [1.29, 1.82) is 0 Å². The zero-order valence-electron chi connectivity index (χ0n) is 18.2. The second-order valence-corrected chi connectivity index (χ2v) is 7.63. The summed E-state index contributed by atoms with van der Waals surface area (Å²) in [4.78, 5) is 32.8. The Morgan fingerprint density at radius 1 is 1.00 bits per heavy atom. The van der Waals surface area contributed by atoms with Gasteiger partial charge in [0, 0.05) is 50.8 Å². The summed E-state index contributed by atoms with van der Waals surface area (Å²) in [7, 11) is 0. The standard InChI is InChI=1S/C25H27N3O4/c1-2-31-25(30)20-8-12-23(26-18-20)27-14-16-28(17-15-27)24(29)13-10-21-9-11-22(32-21)19-6-4-3-5-7-19/h3-9,11-12,18H,2,10,13-17H2,1H3. The number of ether oxygens (including phenoxy) is 1. The second-order valence-electron chi connectivity index (χ2n) is 7.63. The molecule has 4 rings (SSSR count). The van der Waals surface area contributed by atoms with Gasteiger partial charge in [0.05, 0.1) is 12.2 Å². The highest BCUT2D eigenvalue weighted by molar-refractivity contribution is 5.89. The number of piperazine rings is 1. The van der Waals surface area contributed by atoms with E-state index in [2.05, 4.69) is 9.88 Å². The van der Waals surface area contributed by atoms with Gasteiger partial charge in [-0.2, -0.15) is 0 Å². The van der Waals surface area contributed by atoms with Crippen LogP contribution in [0.2, 0.25) is 0 Å². The number of pyridine rings is 1. The van der Waals surface area contributed by atoms with Crippen LogP contribution in [0.15, 0.2) is 65.2 Å². The second kappa shape index (κ2) is 10.1. The zero-order chi connectivity index (χ0) is 22.3. The summed E-state index contributed by atoms with van der Waals surface area (Å²) < 4.78 is 10.9. The minimum atomic E-state index is -0.366. The van der Waals surface area contributed by atoms with Crippen molar-refractivity contribution in [2.45, 2.75) is 19.8 Å². The minimum absolute atomic E-state index is 0.132.